The minimum Gasteiger partial charge on any atom is -0.464 e. The summed E-state index contributed by atoms with van der Waals surface area (Å²) in [6.07, 6.45) is 6.60. The molecule has 0 aromatic rings. The molecule has 0 unspecified atom stereocenters. The molecule has 0 heterocycles. The second-order valence-corrected chi connectivity index (χ2v) is 6.01. The first kappa shape index (κ1) is 24.8. The van der Waals surface area contributed by atoms with Crippen molar-refractivity contribution in [3.63, 3.8) is 0 Å². The SMILES string of the molecule is O=C(CCCCCCCCC(=O)OCCNCCO)OCCNCCO. The van der Waals surface area contributed by atoms with E-state index in [0.717, 1.165) is 38.5 Å². The van der Waals surface area contributed by atoms with Gasteiger partial charge in [0, 0.05) is 39.0 Å². The Labute approximate surface area is 156 Å². The maximum atomic E-state index is 11.5. The zero-order chi connectivity index (χ0) is 19.3. The van der Waals surface area contributed by atoms with Crippen LogP contribution in [0.5, 0.6) is 0 Å². The molecule has 0 atom stereocenters. The van der Waals surface area contributed by atoms with E-state index in [2.05, 4.69) is 10.6 Å². The molecule has 0 fully saturated rings. The van der Waals surface area contributed by atoms with Gasteiger partial charge >= 0.3 is 11.9 Å². The Morgan fingerprint density at radius 2 is 1.00 bits per heavy atom. The van der Waals surface area contributed by atoms with Gasteiger partial charge in [0.15, 0.2) is 0 Å². The van der Waals surface area contributed by atoms with Gasteiger partial charge in [-0.3, -0.25) is 9.59 Å². The summed E-state index contributed by atoms with van der Waals surface area (Å²) in [4.78, 5) is 22.9. The summed E-state index contributed by atoms with van der Waals surface area (Å²) in [5.74, 6) is -0.348. The monoisotopic (exact) mass is 376 g/mol. The number of hydrogen-bond acceptors (Lipinski definition) is 8. The first-order chi connectivity index (χ1) is 12.7. The Bertz CT molecular complexity index is 310. The average molecular weight is 376 g/mol. The minimum absolute atomic E-state index is 0.0814. The lowest BCUT2D eigenvalue weighted by atomic mass is 10.1. The fourth-order valence-corrected chi connectivity index (χ4v) is 2.27. The van der Waals surface area contributed by atoms with E-state index in [4.69, 9.17) is 19.7 Å². The Hall–Kier alpha value is -1.22. The first-order valence-electron chi connectivity index (χ1n) is 9.65. The van der Waals surface area contributed by atoms with Crippen LogP contribution in [0.2, 0.25) is 0 Å². The largest absolute Gasteiger partial charge is 0.464 e. The average Bonchev–Trinajstić information content (AvgIpc) is 2.63. The van der Waals surface area contributed by atoms with E-state index in [1.165, 1.54) is 0 Å². The molecule has 0 aliphatic carbocycles. The number of aliphatic hydroxyl groups excluding tert-OH is 2. The van der Waals surface area contributed by atoms with Gasteiger partial charge in [-0.1, -0.05) is 25.7 Å². The second kappa shape index (κ2) is 20.1. The van der Waals surface area contributed by atoms with Gasteiger partial charge in [-0.25, -0.2) is 0 Å². The Morgan fingerprint density at radius 1 is 0.615 bits per heavy atom. The van der Waals surface area contributed by atoms with E-state index in [1.807, 2.05) is 0 Å². The van der Waals surface area contributed by atoms with Crippen LogP contribution < -0.4 is 10.6 Å². The van der Waals surface area contributed by atoms with Crippen LogP contribution in [-0.2, 0) is 19.1 Å². The van der Waals surface area contributed by atoms with Crippen molar-refractivity contribution < 1.29 is 29.3 Å². The van der Waals surface area contributed by atoms with Gasteiger partial charge in [0.25, 0.3) is 0 Å². The molecule has 8 nitrogen and oxygen atoms in total. The lowest BCUT2D eigenvalue weighted by molar-refractivity contribution is -0.144. The standard InChI is InChI=1S/C18H36N2O6/c21-13-9-19-11-15-25-17(23)7-5-3-1-2-4-6-8-18(24)26-16-12-20-10-14-22/h19-22H,1-16H2. The highest BCUT2D eigenvalue weighted by atomic mass is 16.5. The number of carbonyl (C=O) groups is 2. The van der Waals surface area contributed by atoms with Crippen molar-refractivity contribution in [2.75, 3.05) is 52.6 Å². The van der Waals surface area contributed by atoms with Crippen molar-refractivity contribution in [3.05, 3.63) is 0 Å². The number of rotatable bonds is 19. The van der Waals surface area contributed by atoms with E-state index in [-0.39, 0.29) is 25.2 Å². The molecular formula is C18H36N2O6. The summed E-state index contributed by atoms with van der Waals surface area (Å²) in [7, 11) is 0. The Balaban J connectivity index is 3.25. The van der Waals surface area contributed by atoms with E-state index in [1.54, 1.807) is 0 Å². The lowest BCUT2D eigenvalue weighted by Crippen LogP contribution is -2.24. The molecule has 0 aromatic heterocycles. The summed E-state index contributed by atoms with van der Waals surface area (Å²) in [5, 5.41) is 23.0. The molecule has 0 saturated carbocycles. The van der Waals surface area contributed by atoms with Crippen molar-refractivity contribution in [1.29, 1.82) is 0 Å². The molecule has 0 spiro atoms. The number of unbranched alkanes of at least 4 members (excludes halogenated alkanes) is 5. The van der Waals surface area contributed by atoms with Crippen molar-refractivity contribution >= 4 is 11.9 Å². The summed E-state index contributed by atoms with van der Waals surface area (Å²) in [6.45, 7) is 2.99. The number of hydrogen-bond donors (Lipinski definition) is 4. The van der Waals surface area contributed by atoms with Gasteiger partial charge in [-0.2, -0.15) is 0 Å². The third-order valence-corrected chi connectivity index (χ3v) is 3.67. The normalized spacial score (nSPS) is 10.7. The zero-order valence-corrected chi connectivity index (χ0v) is 15.8. The fourth-order valence-electron chi connectivity index (χ4n) is 2.27. The summed E-state index contributed by atoms with van der Waals surface area (Å²) in [6, 6.07) is 0. The third-order valence-electron chi connectivity index (χ3n) is 3.67. The third kappa shape index (κ3) is 19.1. The second-order valence-electron chi connectivity index (χ2n) is 6.01. The van der Waals surface area contributed by atoms with Crippen LogP contribution >= 0.6 is 0 Å². The van der Waals surface area contributed by atoms with Gasteiger partial charge in [0.2, 0.25) is 0 Å². The molecule has 0 aromatic carbocycles. The van der Waals surface area contributed by atoms with Gasteiger partial charge in [0.05, 0.1) is 13.2 Å². The number of nitrogens with one attached hydrogen (secondary N) is 2. The zero-order valence-electron chi connectivity index (χ0n) is 15.8. The highest BCUT2D eigenvalue weighted by molar-refractivity contribution is 5.69. The van der Waals surface area contributed by atoms with Crippen LogP contribution in [0.1, 0.15) is 51.4 Å². The van der Waals surface area contributed by atoms with E-state index >= 15 is 0 Å². The van der Waals surface area contributed by atoms with Crippen molar-refractivity contribution in [3.8, 4) is 0 Å². The predicted molar refractivity (Wildman–Crippen MR) is 98.8 cm³/mol. The quantitative estimate of drug-likeness (QED) is 0.189. The van der Waals surface area contributed by atoms with E-state index < -0.39 is 0 Å². The van der Waals surface area contributed by atoms with Crippen molar-refractivity contribution in [1.82, 2.24) is 10.6 Å². The van der Waals surface area contributed by atoms with Crippen LogP contribution in [0.4, 0.5) is 0 Å². The molecule has 0 saturated heterocycles. The fraction of sp³-hybridized carbons (Fsp3) is 0.889. The predicted octanol–water partition coefficient (Wildman–Crippen LogP) is 0.357. The molecule has 26 heavy (non-hydrogen) atoms. The molecular weight excluding hydrogens is 340 g/mol. The lowest BCUT2D eigenvalue weighted by Gasteiger charge is -2.06. The van der Waals surface area contributed by atoms with Gasteiger partial charge in [-0.05, 0) is 12.8 Å². The molecule has 0 aliphatic heterocycles. The molecule has 0 rings (SSSR count). The summed E-state index contributed by atoms with van der Waals surface area (Å²) < 4.78 is 10.1. The van der Waals surface area contributed by atoms with Gasteiger partial charge in [-0.15, -0.1) is 0 Å². The number of ether oxygens (including phenoxy) is 2. The molecule has 0 radical (unpaired) electrons. The molecule has 0 amide bonds. The molecule has 0 bridgehead atoms. The first-order valence-corrected chi connectivity index (χ1v) is 9.65. The van der Waals surface area contributed by atoms with Gasteiger partial charge < -0.3 is 30.3 Å². The highest BCUT2D eigenvalue weighted by Crippen LogP contribution is 2.09. The molecule has 4 N–H and O–H groups in total. The smallest absolute Gasteiger partial charge is 0.305 e. The van der Waals surface area contributed by atoms with Crippen LogP contribution in [0.15, 0.2) is 0 Å². The van der Waals surface area contributed by atoms with Crippen molar-refractivity contribution in [2.45, 2.75) is 51.4 Å². The minimum atomic E-state index is -0.174. The number of carbonyl (C=O) groups excluding carboxylic acids is 2. The molecule has 0 aliphatic rings. The van der Waals surface area contributed by atoms with E-state index in [0.29, 0.717) is 52.2 Å². The Kier molecular flexibility index (Phi) is 19.2. The Morgan fingerprint density at radius 3 is 1.38 bits per heavy atom. The maximum Gasteiger partial charge on any atom is 0.305 e. The summed E-state index contributed by atoms with van der Waals surface area (Å²) in [5.41, 5.74) is 0. The molecule has 154 valence electrons. The molecule has 8 heteroatoms. The highest BCUT2D eigenvalue weighted by Gasteiger charge is 2.04. The van der Waals surface area contributed by atoms with Crippen LogP contribution in [0.3, 0.4) is 0 Å². The van der Waals surface area contributed by atoms with Crippen LogP contribution in [0.25, 0.3) is 0 Å². The number of esters is 2. The van der Waals surface area contributed by atoms with Crippen LogP contribution in [0, 0.1) is 0 Å². The van der Waals surface area contributed by atoms with Crippen molar-refractivity contribution in [2.24, 2.45) is 0 Å². The topological polar surface area (TPSA) is 117 Å². The van der Waals surface area contributed by atoms with Crippen LogP contribution in [-0.4, -0.2) is 74.8 Å². The van der Waals surface area contributed by atoms with E-state index in [9.17, 15) is 9.59 Å². The summed E-state index contributed by atoms with van der Waals surface area (Å²) >= 11 is 0. The number of aliphatic hydroxyl groups is 2. The maximum absolute atomic E-state index is 11.5. The van der Waals surface area contributed by atoms with Gasteiger partial charge in [0.1, 0.15) is 13.2 Å².